The number of carbonyl (C=O) groups excluding carboxylic acids is 2. The van der Waals surface area contributed by atoms with Gasteiger partial charge in [-0.3, -0.25) is 9.59 Å². The van der Waals surface area contributed by atoms with E-state index in [4.69, 9.17) is 0 Å². The highest BCUT2D eigenvalue weighted by Crippen LogP contribution is 2.24. The number of hydrogen-bond donors (Lipinski definition) is 1. The summed E-state index contributed by atoms with van der Waals surface area (Å²) in [4.78, 5) is 31.0. The van der Waals surface area contributed by atoms with E-state index in [1.54, 1.807) is 16.7 Å². The first kappa shape index (κ1) is 15.9. The van der Waals surface area contributed by atoms with Crippen LogP contribution in [0.25, 0.3) is 6.08 Å². The highest BCUT2D eigenvalue weighted by atomic mass is 32.1. The van der Waals surface area contributed by atoms with Gasteiger partial charge in [0.25, 0.3) is 5.91 Å². The molecule has 0 bridgehead atoms. The standard InChI is InChI=1S/C16H17N3O2S2/c1-11(20)17-16-18-14(10-23-16)15(21)19-8-2-4-12(19)6-7-13-5-3-9-22-13/h3,5-7,9-10,12H,2,4,8H2,1H3,(H,17,18,20). The van der Waals surface area contributed by atoms with Gasteiger partial charge in [-0.15, -0.1) is 22.7 Å². The van der Waals surface area contributed by atoms with E-state index >= 15 is 0 Å². The molecular weight excluding hydrogens is 330 g/mol. The lowest BCUT2D eigenvalue weighted by Crippen LogP contribution is -2.34. The van der Waals surface area contributed by atoms with Gasteiger partial charge in [-0.05, 0) is 30.4 Å². The summed E-state index contributed by atoms with van der Waals surface area (Å²) < 4.78 is 0. The van der Waals surface area contributed by atoms with Crippen molar-refractivity contribution >= 4 is 45.7 Å². The van der Waals surface area contributed by atoms with Gasteiger partial charge in [0.15, 0.2) is 5.13 Å². The number of nitrogens with one attached hydrogen (secondary N) is 1. The Balaban J connectivity index is 1.70. The largest absolute Gasteiger partial charge is 0.331 e. The molecule has 0 radical (unpaired) electrons. The molecule has 2 aromatic heterocycles. The van der Waals surface area contributed by atoms with E-state index in [9.17, 15) is 9.59 Å². The second-order valence-electron chi connectivity index (χ2n) is 5.30. The van der Waals surface area contributed by atoms with Gasteiger partial charge in [0.05, 0.1) is 6.04 Å². The highest BCUT2D eigenvalue weighted by molar-refractivity contribution is 7.14. The van der Waals surface area contributed by atoms with Crippen LogP contribution >= 0.6 is 22.7 Å². The number of aromatic nitrogens is 1. The van der Waals surface area contributed by atoms with Gasteiger partial charge in [-0.2, -0.15) is 0 Å². The van der Waals surface area contributed by atoms with E-state index in [1.807, 2.05) is 16.3 Å². The van der Waals surface area contributed by atoms with Gasteiger partial charge < -0.3 is 10.2 Å². The molecule has 1 aliphatic rings. The summed E-state index contributed by atoms with van der Waals surface area (Å²) in [6, 6.07) is 4.18. The molecule has 0 saturated carbocycles. The molecule has 1 unspecified atom stereocenters. The maximum absolute atomic E-state index is 12.6. The maximum Gasteiger partial charge on any atom is 0.273 e. The molecule has 1 atom stereocenters. The van der Waals surface area contributed by atoms with Crippen molar-refractivity contribution in [1.82, 2.24) is 9.88 Å². The predicted octanol–water partition coefficient (Wildman–Crippen LogP) is 3.48. The number of rotatable bonds is 4. The van der Waals surface area contributed by atoms with Gasteiger partial charge in [0.1, 0.15) is 5.69 Å². The van der Waals surface area contributed by atoms with Gasteiger partial charge in [0.2, 0.25) is 5.91 Å². The summed E-state index contributed by atoms with van der Waals surface area (Å²) in [7, 11) is 0. The molecule has 2 amide bonds. The first-order chi connectivity index (χ1) is 11.1. The molecule has 3 heterocycles. The van der Waals surface area contributed by atoms with Crippen molar-refractivity contribution in [2.24, 2.45) is 0 Å². The van der Waals surface area contributed by atoms with Crippen molar-refractivity contribution in [3.63, 3.8) is 0 Å². The molecule has 5 nitrogen and oxygen atoms in total. The molecule has 0 spiro atoms. The number of anilines is 1. The van der Waals surface area contributed by atoms with Crippen molar-refractivity contribution in [3.05, 3.63) is 39.5 Å². The Morgan fingerprint density at radius 1 is 1.43 bits per heavy atom. The van der Waals surface area contributed by atoms with Crippen molar-refractivity contribution in [2.75, 3.05) is 11.9 Å². The van der Waals surface area contributed by atoms with Gasteiger partial charge in [-0.25, -0.2) is 4.98 Å². The minimum Gasteiger partial charge on any atom is -0.331 e. The van der Waals surface area contributed by atoms with E-state index in [1.165, 1.54) is 23.1 Å². The minimum atomic E-state index is -0.184. The van der Waals surface area contributed by atoms with E-state index < -0.39 is 0 Å². The highest BCUT2D eigenvalue weighted by Gasteiger charge is 2.29. The average molecular weight is 347 g/mol. The molecule has 120 valence electrons. The Morgan fingerprint density at radius 2 is 2.30 bits per heavy atom. The molecule has 1 fully saturated rings. The SMILES string of the molecule is CC(=O)Nc1nc(C(=O)N2CCCC2C=Cc2cccs2)cs1. The zero-order chi connectivity index (χ0) is 16.2. The fourth-order valence-corrected chi connectivity index (χ4v) is 3.92. The second kappa shape index (κ2) is 7.06. The lowest BCUT2D eigenvalue weighted by atomic mass is 10.2. The molecule has 0 aliphatic carbocycles. The second-order valence-corrected chi connectivity index (χ2v) is 7.14. The van der Waals surface area contributed by atoms with Gasteiger partial charge in [0, 0.05) is 23.7 Å². The van der Waals surface area contributed by atoms with E-state index in [2.05, 4.69) is 28.5 Å². The predicted molar refractivity (Wildman–Crippen MR) is 93.8 cm³/mol. The molecule has 7 heteroatoms. The third kappa shape index (κ3) is 3.86. The number of thiazole rings is 1. The molecule has 0 aromatic carbocycles. The van der Waals surface area contributed by atoms with Crippen LogP contribution in [-0.4, -0.2) is 34.3 Å². The molecular formula is C16H17N3O2S2. The average Bonchev–Trinajstić information content (AvgIpc) is 3.25. The minimum absolute atomic E-state index is 0.0730. The van der Waals surface area contributed by atoms with E-state index in [0.717, 1.165) is 19.4 Å². The fourth-order valence-electron chi connectivity index (χ4n) is 2.56. The number of hydrogen-bond acceptors (Lipinski definition) is 5. The number of thiophene rings is 1. The lowest BCUT2D eigenvalue weighted by molar-refractivity contribution is -0.114. The van der Waals surface area contributed by atoms with Crippen LogP contribution in [0.2, 0.25) is 0 Å². The maximum atomic E-state index is 12.6. The number of likely N-dealkylation sites (tertiary alicyclic amines) is 1. The topological polar surface area (TPSA) is 62.3 Å². The molecule has 1 aliphatic heterocycles. The summed E-state index contributed by atoms with van der Waals surface area (Å²) in [6.07, 6.45) is 6.13. The quantitative estimate of drug-likeness (QED) is 0.921. The molecule has 23 heavy (non-hydrogen) atoms. The zero-order valence-corrected chi connectivity index (χ0v) is 14.3. The first-order valence-electron chi connectivity index (χ1n) is 7.39. The summed E-state index contributed by atoms with van der Waals surface area (Å²) >= 11 is 2.95. The smallest absolute Gasteiger partial charge is 0.273 e. The van der Waals surface area contributed by atoms with Crippen molar-refractivity contribution in [1.29, 1.82) is 0 Å². The van der Waals surface area contributed by atoms with Crippen LogP contribution in [0, 0.1) is 0 Å². The van der Waals surface area contributed by atoms with E-state index in [-0.39, 0.29) is 17.9 Å². The molecule has 1 N–H and O–H groups in total. The Morgan fingerprint density at radius 3 is 3.04 bits per heavy atom. The summed E-state index contributed by atoms with van der Waals surface area (Å²) in [5, 5.41) is 6.81. The van der Waals surface area contributed by atoms with Crippen LogP contribution in [0.5, 0.6) is 0 Å². The van der Waals surface area contributed by atoms with Crippen LogP contribution < -0.4 is 5.32 Å². The Kier molecular flexibility index (Phi) is 4.88. The Labute approximate surface area is 142 Å². The first-order valence-corrected chi connectivity index (χ1v) is 9.15. The monoisotopic (exact) mass is 347 g/mol. The number of nitrogens with zero attached hydrogens (tertiary/aromatic N) is 2. The van der Waals surface area contributed by atoms with Crippen LogP contribution in [0.1, 0.15) is 35.1 Å². The van der Waals surface area contributed by atoms with Crippen molar-refractivity contribution < 1.29 is 9.59 Å². The summed E-state index contributed by atoms with van der Waals surface area (Å²) in [5.74, 6) is -0.257. The molecule has 3 rings (SSSR count). The normalized spacial score (nSPS) is 17.8. The Bertz CT molecular complexity index is 722. The lowest BCUT2D eigenvalue weighted by Gasteiger charge is -2.21. The van der Waals surface area contributed by atoms with Gasteiger partial charge >= 0.3 is 0 Å². The fraction of sp³-hybridized carbons (Fsp3) is 0.312. The summed E-state index contributed by atoms with van der Waals surface area (Å²) in [6.45, 7) is 2.17. The van der Waals surface area contributed by atoms with Crippen molar-refractivity contribution in [2.45, 2.75) is 25.8 Å². The summed E-state index contributed by atoms with van der Waals surface area (Å²) in [5.41, 5.74) is 0.398. The van der Waals surface area contributed by atoms with E-state index in [0.29, 0.717) is 10.8 Å². The van der Waals surface area contributed by atoms with Gasteiger partial charge in [-0.1, -0.05) is 12.1 Å². The van der Waals surface area contributed by atoms with Crippen LogP contribution in [0.4, 0.5) is 5.13 Å². The zero-order valence-electron chi connectivity index (χ0n) is 12.7. The van der Waals surface area contributed by atoms with Crippen LogP contribution in [0.15, 0.2) is 29.0 Å². The van der Waals surface area contributed by atoms with Crippen molar-refractivity contribution in [3.8, 4) is 0 Å². The third-order valence-electron chi connectivity index (χ3n) is 3.59. The molecule has 1 saturated heterocycles. The van der Waals surface area contributed by atoms with Crippen LogP contribution in [0.3, 0.4) is 0 Å². The number of amides is 2. The molecule has 2 aromatic rings. The van der Waals surface area contributed by atoms with Crippen LogP contribution in [-0.2, 0) is 4.79 Å². The Hall–Kier alpha value is -1.99. The third-order valence-corrected chi connectivity index (χ3v) is 5.19. The number of carbonyl (C=O) groups is 2.